The van der Waals surface area contributed by atoms with Crippen LogP contribution in [-0.2, 0) is 11.3 Å². The molecule has 0 aliphatic carbocycles. The van der Waals surface area contributed by atoms with E-state index in [0.29, 0.717) is 0 Å². The molecule has 0 aliphatic rings. The zero-order valence-corrected chi connectivity index (χ0v) is 10.5. The molecule has 96 valence electrons. The number of imidazole rings is 1. The highest BCUT2D eigenvalue weighted by Gasteiger charge is 2.02. The van der Waals surface area contributed by atoms with E-state index >= 15 is 0 Å². The Bertz CT molecular complexity index is 455. The summed E-state index contributed by atoms with van der Waals surface area (Å²) >= 11 is 0. The molecule has 0 unspecified atom stereocenters. The number of nitrogens with zero attached hydrogens (tertiary/aromatic N) is 3. The fourth-order valence-electron chi connectivity index (χ4n) is 1.69. The third kappa shape index (κ3) is 3.56. The van der Waals surface area contributed by atoms with Crippen LogP contribution in [0, 0.1) is 0 Å². The molecule has 2 heterocycles. The summed E-state index contributed by atoms with van der Waals surface area (Å²) in [6, 6.07) is 5.92. The SMILES string of the molecule is COCCCNc1nccn1Cc1ccccn1. The third-order valence-electron chi connectivity index (χ3n) is 2.58. The summed E-state index contributed by atoms with van der Waals surface area (Å²) < 4.78 is 7.06. The lowest BCUT2D eigenvalue weighted by Gasteiger charge is -2.09. The fourth-order valence-corrected chi connectivity index (χ4v) is 1.69. The average molecular weight is 246 g/mol. The van der Waals surface area contributed by atoms with Crippen molar-refractivity contribution in [2.45, 2.75) is 13.0 Å². The van der Waals surface area contributed by atoms with Gasteiger partial charge in [0.2, 0.25) is 5.95 Å². The molecule has 2 aromatic heterocycles. The molecular weight excluding hydrogens is 228 g/mol. The van der Waals surface area contributed by atoms with Gasteiger partial charge in [0, 0.05) is 38.9 Å². The van der Waals surface area contributed by atoms with Crippen LogP contribution >= 0.6 is 0 Å². The molecule has 0 bridgehead atoms. The molecule has 0 spiro atoms. The predicted octanol–water partition coefficient (Wildman–Crippen LogP) is 1.77. The topological polar surface area (TPSA) is 52.0 Å². The van der Waals surface area contributed by atoms with Crippen LogP contribution < -0.4 is 5.32 Å². The van der Waals surface area contributed by atoms with Gasteiger partial charge in [-0.3, -0.25) is 4.98 Å². The van der Waals surface area contributed by atoms with Crippen molar-refractivity contribution in [1.82, 2.24) is 14.5 Å². The van der Waals surface area contributed by atoms with Gasteiger partial charge in [0.15, 0.2) is 0 Å². The van der Waals surface area contributed by atoms with E-state index in [9.17, 15) is 0 Å². The maximum absolute atomic E-state index is 5.01. The number of anilines is 1. The van der Waals surface area contributed by atoms with Gasteiger partial charge >= 0.3 is 0 Å². The molecule has 0 amide bonds. The Morgan fingerprint density at radius 2 is 2.22 bits per heavy atom. The summed E-state index contributed by atoms with van der Waals surface area (Å²) in [5, 5.41) is 3.29. The zero-order chi connectivity index (χ0) is 12.6. The van der Waals surface area contributed by atoms with E-state index in [1.807, 2.05) is 24.4 Å². The van der Waals surface area contributed by atoms with Gasteiger partial charge in [0.1, 0.15) is 0 Å². The molecule has 0 aliphatic heterocycles. The number of hydrogen-bond donors (Lipinski definition) is 1. The second-order valence-electron chi connectivity index (χ2n) is 3.97. The molecule has 2 rings (SSSR count). The molecule has 0 saturated heterocycles. The highest BCUT2D eigenvalue weighted by molar-refractivity contribution is 5.26. The molecule has 5 heteroatoms. The van der Waals surface area contributed by atoms with E-state index in [0.717, 1.165) is 37.8 Å². The summed E-state index contributed by atoms with van der Waals surface area (Å²) in [5.74, 6) is 0.872. The number of nitrogens with one attached hydrogen (secondary N) is 1. The Labute approximate surface area is 107 Å². The number of pyridine rings is 1. The number of ether oxygens (including phenoxy) is 1. The second-order valence-corrected chi connectivity index (χ2v) is 3.97. The van der Waals surface area contributed by atoms with Gasteiger partial charge in [0.05, 0.1) is 12.2 Å². The third-order valence-corrected chi connectivity index (χ3v) is 2.58. The van der Waals surface area contributed by atoms with Crippen LogP contribution in [0.3, 0.4) is 0 Å². The van der Waals surface area contributed by atoms with Crippen LogP contribution in [0.25, 0.3) is 0 Å². The summed E-state index contributed by atoms with van der Waals surface area (Å²) in [4.78, 5) is 8.60. The van der Waals surface area contributed by atoms with Gasteiger partial charge in [-0.15, -0.1) is 0 Å². The Hall–Kier alpha value is -1.88. The van der Waals surface area contributed by atoms with Crippen molar-refractivity contribution in [2.75, 3.05) is 25.6 Å². The van der Waals surface area contributed by atoms with Crippen LogP contribution in [0.15, 0.2) is 36.8 Å². The number of aromatic nitrogens is 3. The average Bonchev–Trinajstić information content (AvgIpc) is 2.83. The standard InChI is InChI=1S/C13H18N4O/c1-18-10-4-7-15-13-16-8-9-17(13)11-12-5-2-3-6-14-12/h2-3,5-6,8-9H,4,7,10-11H2,1H3,(H,15,16). The maximum Gasteiger partial charge on any atom is 0.203 e. The van der Waals surface area contributed by atoms with Crippen molar-refractivity contribution in [3.63, 3.8) is 0 Å². The Morgan fingerprint density at radius 1 is 1.28 bits per heavy atom. The van der Waals surface area contributed by atoms with Crippen LogP contribution in [0.1, 0.15) is 12.1 Å². The van der Waals surface area contributed by atoms with Gasteiger partial charge in [-0.05, 0) is 18.6 Å². The molecule has 18 heavy (non-hydrogen) atoms. The van der Waals surface area contributed by atoms with Crippen molar-refractivity contribution in [3.8, 4) is 0 Å². The lowest BCUT2D eigenvalue weighted by atomic mass is 10.3. The minimum Gasteiger partial charge on any atom is -0.385 e. The highest BCUT2D eigenvalue weighted by atomic mass is 16.5. The highest BCUT2D eigenvalue weighted by Crippen LogP contribution is 2.07. The normalized spacial score (nSPS) is 10.5. The largest absolute Gasteiger partial charge is 0.385 e. The first-order valence-electron chi connectivity index (χ1n) is 6.04. The van der Waals surface area contributed by atoms with Crippen molar-refractivity contribution >= 4 is 5.95 Å². The first-order valence-corrected chi connectivity index (χ1v) is 6.04. The van der Waals surface area contributed by atoms with Crippen LogP contribution in [0.5, 0.6) is 0 Å². The van der Waals surface area contributed by atoms with Crippen LogP contribution in [0.4, 0.5) is 5.95 Å². The van der Waals surface area contributed by atoms with Gasteiger partial charge in [-0.1, -0.05) is 6.07 Å². The Morgan fingerprint density at radius 3 is 3.00 bits per heavy atom. The quantitative estimate of drug-likeness (QED) is 0.757. The first-order chi connectivity index (χ1) is 8.90. The van der Waals surface area contributed by atoms with E-state index in [4.69, 9.17) is 4.74 Å². The molecule has 5 nitrogen and oxygen atoms in total. The van der Waals surface area contributed by atoms with Crippen molar-refractivity contribution in [2.24, 2.45) is 0 Å². The molecule has 0 fully saturated rings. The van der Waals surface area contributed by atoms with E-state index in [-0.39, 0.29) is 0 Å². The fraction of sp³-hybridized carbons (Fsp3) is 0.385. The molecule has 0 radical (unpaired) electrons. The summed E-state index contributed by atoms with van der Waals surface area (Å²) in [6.07, 6.45) is 6.51. The Kier molecular flexibility index (Phi) is 4.72. The van der Waals surface area contributed by atoms with Crippen molar-refractivity contribution in [1.29, 1.82) is 0 Å². The maximum atomic E-state index is 5.01. The molecule has 0 aromatic carbocycles. The first kappa shape index (κ1) is 12.6. The summed E-state index contributed by atoms with van der Waals surface area (Å²) in [7, 11) is 1.71. The minimum absolute atomic E-state index is 0.730. The van der Waals surface area contributed by atoms with E-state index < -0.39 is 0 Å². The summed E-state index contributed by atoms with van der Waals surface area (Å²) in [6.45, 7) is 2.34. The minimum atomic E-state index is 0.730. The number of rotatable bonds is 7. The smallest absolute Gasteiger partial charge is 0.203 e. The number of methoxy groups -OCH3 is 1. The molecule has 0 saturated carbocycles. The lowest BCUT2D eigenvalue weighted by molar-refractivity contribution is 0.197. The number of hydrogen-bond acceptors (Lipinski definition) is 4. The zero-order valence-electron chi connectivity index (χ0n) is 10.5. The molecule has 1 N–H and O–H groups in total. The van der Waals surface area contributed by atoms with Crippen molar-refractivity contribution < 1.29 is 4.74 Å². The van der Waals surface area contributed by atoms with Gasteiger partial charge in [-0.2, -0.15) is 0 Å². The van der Waals surface area contributed by atoms with E-state index in [1.54, 1.807) is 19.5 Å². The van der Waals surface area contributed by atoms with Gasteiger partial charge in [0.25, 0.3) is 0 Å². The Balaban J connectivity index is 1.91. The van der Waals surface area contributed by atoms with Crippen molar-refractivity contribution in [3.05, 3.63) is 42.5 Å². The molecule has 2 aromatic rings. The lowest BCUT2D eigenvalue weighted by Crippen LogP contribution is -2.11. The van der Waals surface area contributed by atoms with Gasteiger partial charge < -0.3 is 14.6 Å². The predicted molar refractivity (Wildman–Crippen MR) is 70.5 cm³/mol. The van der Waals surface area contributed by atoms with E-state index in [2.05, 4.69) is 19.9 Å². The molecular formula is C13H18N4O. The second kappa shape index (κ2) is 6.76. The van der Waals surface area contributed by atoms with Crippen LogP contribution in [0.2, 0.25) is 0 Å². The van der Waals surface area contributed by atoms with E-state index in [1.165, 1.54) is 0 Å². The monoisotopic (exact) mass is 246 g/mol. The molecule has 0 atom stereocenters. The summed E-state index contributed by atoms with van der Waals surface area (Å²) in [5.41, 5.74) is 1.02. The van der Waals surface area contributed by atoms with Crippen LogP contribution in [-0.4, -0.2) is 34.8 Å². The van der Waals surface area contributed by atoms with Gasteiger partial charge in [-0.25, -0.2) is 4.98 Å².